The number of fused-ring (bicyclic) bond motifs is 1. The first kappa shape index (κ1) is 17.7. The lowest BCUT2D eigenvalue weighted by Crippen LogP contribution is -2.15. The number of aromatic nitrogens is 2. The average molecular weight is 378 g/mol. The van der Waals surface area contributed by atoms with Crippen LogP contribution in [0, 0.1) is 11.6 Å². The number of hydrogen-bond acceptors (Lipinski definition) is 3. The molecule has 2 aromatic carbocycles. The van der Waals surface area contributed by atoms with Crippen molar-refractivity contribution >= 4 is 34.0 Å². The SMILES string of the molecule is O=C(Cc1c[nH]c2ccccc12)Nc1ccc(Nc2c(F)cccc2F)cn1. The molecule has 0 radical (unpaired) electrons. The third-order valence-corrected chi connectivity index (χ3v) is 4.29. The van der Waals surface area contributed by atoms with E-state index < -0.39 is 11.6 Å². The van der Waals surface area contributed by atoms with Crippen molar-refractivity contribution < 1.29 is 13.6 Å². The second kappa shape index (κ2) is 7.48. The van der Waals surface area contributed by atoms with E-state index >= 15 is 0 Å². The molecule has 0 aliphatic carbocycles. The smallest absolute Gasteiger partial charge is 0.230 e. The van der Waals surface area contributed by atoms with Gasteiger partial charge in [0, 0.05) is 17.1 Å². The van der Waals surface area contributed by atoms with Crippen LogP contribution in [-0.2, 0) is 11.2 Å². The molecule has 2 heterocycles. The molecule has 0 unspecified atom stereocenters. The van der Waals surface area contributed by atoms with Gasteiger partial charge >= 0.3 is 0 Å². The minimum Gasteiger partial charge on any atom is -0.361 e. The van der Waals surface area contributed by atoms with Crippen molar-refractivity contribution in [3.05, 3.63) is 84.2 Å². The minimum atomic E-state index is -0.698. The Kier molecular flexibility index (Phi) is 4.72. The van der Waals surface area contributed by atoms with E-state index in [1.54, 1.807) is 12.1 Å². The molecule has 0 aliphatic rings. The first-order valence-electron chi connectivity index (χ1n) is 8.62. The van der Waals surface area contributed by atoms with Crippen molar-refractivity contribution in [2.24, 2.45) is 0 Å². The van der Waals surface area contributed by atoms with Gasteiger partial charge in [0.05, 0.1) is 18.3 Å². The lowest BCUT2D eigenvalue weighted by Gasteiger charge is -2.09. The Morgan fingerprint density at radius 1 is 1.00 bits per heavy atom. The van der Waals surface area contributed by atoms with Gasteiger partial charge in [-0.05, 0) is 35.9 Å². The molecule has 0 saturated heterocycles. The number of H-pyrrole nitrogens is 1. The van der Waals surface area contributed by atoms with Crippen LogP contribution in [0.1, 0.15) is 5.56 Å². The largest absolute Gasteiger partial charge is 0.361 e. The normalized spacial score (nSPS) is 10.8. The number of halogens is 2. The summed E-state index contributed by atoms with van der Waals surface area (Å²) in [6.07, 6.45) is 3.41. The van der Waals surface area contributed by atoms with Gasteiger partial charge in [-0.1, -0.05) is 24.3 Å². The third kappa shape index (κ3) is 3.68. The lowest BCUT2D eigenvalue weighted by atomic mass is 10.1. The molecule has 140 valence electrons. The van der Waals surface area contributed by atoms with Gasteiger partial charge < -0.3 is 15.6 Å². The van der Waals surface area contributed by atoms with Crippen LogP contribution in [0.2, 0.25) is 0 Å². The Morgan fingerprint density at radius 2 is 1.79 bits per heavy atom. The number of aromatic amines is 1. The quantitative estimate of drug-likeness (QED) is 0.469. The summed E-state index contributed by atoms with van der Waals surface area (Å²) in [5.74, 6) is -1.25. The number of pyridine rings is 1. The molecule has 0 spiro atoms. The van der Waals surface area contributed by atoms with Gasteiger partial charge in [0.25, 0.3) is 0 Å². The molecule has 28 heavy (non-hydrogen) atoms. The van der Waals surface area contributed by atoms with E-state index in [4.69, 9.17) is 0 Å². The maximum Gasteiger partial charge on any atom is 0.230 e. The van der Waals surface area contributed by atoms with Crippen LogP contribution < -0.4 is 10.6 Å². The molecule has 0 bridgehead atoms. The topological polar surface area (TPSA) is 69.8 Å². The van der Waals surface area contributed by atoms with E-state index in [0.717, 1.165) is 28.6 Å². The molecule has 3 N–H and O–H groups in total. The molecule has 2 aromatic heterocycles. The van der Waals surface area contributed by atoms with E-state index in [9.17, 15) is 13.6 Å². The fraction of sp³-hybridized carbons (Fsp3) is 0.0476. The number of hydrogen-bond donors (Lipinski definition) is 3. The summed E-state index contributed by atoms with van der Waals surface area (Å²) in [5, 5.41) is 6.36. The first-order chi connectivity index (χ1) is 13.6. The van der Waals surface area contributed by atoms with Crippen LogP contribution in [-0.4, -0.2) is 15.9 Å². The fourth-order valence-corrected chi connectivity index (χ4v) is 2.94. The molecule has 0 aliphatic heterocycles. The molecule has 4 rings (SSSR count). The van der Waals surface area contributed by atoms with Crippen LogP contribution in [0.25, 0.3) is 10.9 Å². The van der Waals surface area contributed by atoms with Gasteiger partial charge in [-0.2, -0.15) is 0 Å². The zero-order valence-corrected chi connectivity index (χ0v) is 14.7. The fourth-order valence-electron chi connectivity index (χ4n) is 2.94. The summed E-state index contributed by atoms with van der Waals surface area (Å²) < 4.78 is 27.4. The van der Waals surface area contributed by atoms with Crippen LogP contribution in [0.3, 0.4) is 0 Å². The highest BCUT2D eigenvalue weighted by Gasteiger charge is 2.11. The van der Waals surface area contributed by atoms with Crippen LogP contribution >= 0.6 is 0 Å². The number of rotatable bonds is 5. The Bertz CT molecular complexity index is 1120. The number of carbonyl (C=O) groups is 1. The molecule has 0 fully saturated rings. The van der Waals surface area contributed by atoms with Crippen molar-refractivity contribution in [3.63, 3.8) is 0 Å². The summed E-state index contributed by atoms with van der Waals surface area (Å²) in [7, 11) is 0. The number of benzene rings is 2. The first-order valence-corrected chi connectivity index (χ1v) is 8.62. The zero-order valence-electron chi connectivity index (χ0n) is 14.7. The highest BCUT2D eigenvalue weighted by molar-refractivity contribution is 5.95. The van der Waals surface area contributed by atoms with E-state index in [1.165, 1.54) is 12.3 Å². The Balaban J connectivity index is 1.42. The van der Waals surface area contributed by atoms with Crippen LogP contribution in [0.4, 0.5) is 26.0 Å². The Morgan fingerprint density at radius 3 is 2.54 bits per heavy atom. The highest BCUT2D eigenvalue weighted by Crippen LogP contribution is 2.23. The number of carbonyl (C=O) groups excluding carboxylic acids is 1. The van der Waals surface area contributed by atoms with Crippen molar-refractivity contribution in [3.8, 4) is 0 Å². The van der Waals surface area contributed by atoms with Crippen molar-refractivity contribution in [1.82, 2.24) is 9.97 Å². The average Bonchev–Trinajstić information content (AvgIpc) is 3.09. The van der Waals surface area contributed by atoms with E-state index in [2.05, 4.69) is 20.6 Å². The molecule has 0 saturated carbocycles. The molecular formula is C21H16F2N4O. The Hall–Kier alpha value is -3.74. The summed E-state index contributed by atoms with van der Waals surface area (Å²) in [6, 6.07) is 14.5. The van der Waals surface area contributed by atoms with Gasteiger partial charge in [-0.25, -0.2) is 13.8 Å². The van der Waals surface area contributed by atoms with E-state index in [-0.39, 0.29) is 18.0 Å². The standard InChI is InChI=1S/C21H16F2N4O/c22-16-5-3-6-17(23)21(16)26-14-8-9-19(25-12-14)27-20(28)10-13-11-24-18-7-2-1-4-15(13)18/h1-9,11-12,24,26H,10H2,(H,25,27,28). The molecule has 5 nitrogen and oxygen atoms in total. The maximum absolute atomic E-state index is 13.7. The second-order valence-electron chi connectivity index (χ2n) is 6.24. The predicted octanol–water partition coefficient (Wildman–Crippen LogP) is 4.77. The second-order valence-corrected chi connectivity index (χ2v) is 6.24. The number of nitrogens with one attached hydrogen (secondary N) is 3. The number of nitrogens with zero attached hydrogens (tertiary/aromatic N) is 1. The van der Waals surface area contributed by atoms with Gasteiger partial charge in [-0.15, -0.1) is 0 Å². The van der Waals surface area contributed by atoms with Gasteiger partial charge in [0.2, 0.25) is 5.91 Å². The molecule has 1 amide bonds. The van der Waals surface area contributed by atoms with E-state index in [1.807, 2.05) is 30.5 Å². The molecule has 4 aromatic rings. The zero-order chi connectivity index (χ0) is 19.5. The third-order valence-electron chi connectivity index (χ3n) is 4.29. The van der Waals surface area contributed by atoms with Crippen molar-refractivity contribution in [2.75, 3.05) is 10.6 Å². The van der Waals surface area contributed by atoms with Gasteiger partial charge in [0.1, 0.15) is 23.1 Å². The van der Waals surface area contributed by atoms with Crippen LogP contribution in [0.15, 0.2) is 67.0 Å². The lowest BCUT2D eigenvalue weighted by molar-refractivity contribution is -0.115. The number of para-hydroxylation sites is 2. The van der Waals surface area contributed by atoms with Gasteiger partial charge in [0.15, 0.2) is 0 Å². The van der Waals surface area contributed by atoms with Crippen LogP contribution in [0.5, 0.6) is 0 Å². The number of anilines is 3. The Labute approximate surface area is 159 Å². The summed E-state index contributed by atoms with van der Waals surface area (Å²) >= 11 is 0. The molecular weight excluding hydrogens is 362 g/mol. The summed E-state index contributed by atoms with van der Waals surface area (Å²) in [5.41, 5.74) is 2.01. The minimum absolute atomic E-state index is 0.201. The summed E-state index contributed by atoms with van der Waals surface area (Å²) in [6.45, 7) is 0. The molecule has 7 heteroatoms. The molecule has 0 atom stereocenters. The maximum atomic E-state index is 13.7. The van der Waals surface area contributed by atoms with Crippen molar-refractivity contribution in [1.29, 1.82) is 0 Å². The van der Waals surface area contributed by atoms with Crippen molar-refractivity contribution in [2.45, 2.75) is 6.42 Å². The van der Waals surface area contributed by atoms with E-state index in [0.29, 0.717) is 11.5 Å². The summed E-state index contributed by atoms with van der Waals surface area (Å²) in [4.78, 5) is 19.6. The van der Waals surface area contributed by atoms with Gasteiger partial charge in [-0.3, -0.25) is 4.79 Å². The monoisotopic (exact) mass is 378 g/mol. The predicted molar refractivity (Wildman–Crippen MR) is 105 cm³/mol. The highest BCUT2D eigenvalue weighted by atomic mass is 19.1. The number of amides is 1.